The van der Waals surface area contributed by atoms with Gasteiger partial charge in [-0.05, 0) is 42.5 Å². The largest absolute Gasteiger partial charge is 0.298 e. The maximum absolute atomic E-state index is 12.8. The number of carbonyl (C=O) groups excluding carboxylic acids is 1. The molecule has 1 atom stereocenters. The Morgan fingerprint density at radius 1 is 1.37 bits per heavy atom. The number of nitrogens with zero attached hydrogens (tertiary/aromatic N) is 1. The predicted molar refractivity (Wildman–Crippen MR) is 74.5 cm³/mol. The Bertz CT molecular complexity index is 427. The van der Waals surface area contributed by atoms with E-state index in [9.17, 15) is 9.18 Å². The zero-order valence-electron chi connectivity index (χ0n) is 11.7. The molecule has 104 valence electrons. The highest BCUT2D eigenvalue weighted by Crippen LogP contribution is 2.23. The Kier molecular flexibility index (Phi) is 4.70. The van der Waals surface area contributed by atoms with Gasteiger partial charge in [-0.15, -0.1) is 0 Å². The van der Waals surface area contributed by atoms with Crippen LogP contribution in [-0.4, -0.2) is 30.3 Å². The maximum Gasteiger partial charge on any atom is 0.151 e. The molecule has 1 aliphatic heterocycles. The van der Waals surface area contributed by atoms with Gasteiger partial charge >= 0.3 is 0 Å². The van der Waals surface area contributed by atoms with E-state index in [4.69, 9.17) is 0 Å². The topological polar surface area (TPSA) is 20.3 Å². The molecule has 0 amide bonds. The number of benzene rings is 1. The lowest BCUT2D eigenvalue weighted by Gasteiger charge is -2.17. The molecule has 1 heterocycles. The zero-order valence-corrected chi connectivity index (χ0v) is 11.7. The second kappa shape index (κ2) is 6.29. The van der Waals surface area contributed by atoms with Crippen LogP contribution in [0.4, 0.5) is 4.39 Å². The summed E-state index contributed by atoms with van der Waals surface area (Å²) in [6, 6.07) is 6.20. The molecule has 0 bridgehead atoms. The van der Waals surface area contributed by atoms with E-state index in [-0.39, 0.29) is 11.6 Å². The number of Topliss-reactive ketones (excluding diaryl/α,β-unsaturated/α-hetero) is 1. The highest BCUT2D eigenvalue weighted by atomic mass is 19.1. The van der Waals surface area contributed by atoms with E-state index in [1.54, 1.807) is 12.1 Å². The van der Waals surface area contributed by atoms with Gasteiger partial charge < -0.3 is 0 Å². The maximum atomic E-state index is 12.8. The van der Waals surface area contributed by atoms with Gasteiger partial charge in [-0.3, -0.25) is 9.69 Å². The van der Waals surface area contributed by atoms with Gasteiger partial charge in [-0.1, -0.05) is 26.0 Å². The van der Waals surface area contributed by atoms with Crippen LogP contribution < -0.4 is 0 Å². The molecule has 0 radical (unpaired) electrons. The fraction of sp³-hybridized carbons (Fsp3) is 0.562. The number of halogens is 1. The second-order valence-electron chi connectivity index (χ2n) is 5.87. The van der Waals surface area contributed by atoms with E-state index in [1.807, 2.05) is 0 Å². The Morgan fingerprint density at radius 2 is 2.05 bits per heavy atom. The Hall–Kier alpha value is -1.22. The van der Waals surface area contributed by atoms with Gasteiger partial charge in [-0.2, -0.15) is 0 Å². The van der Waals surface area contributed by atoms with Crippen molar-refractivity contribution in [1.29, 1.82) is 0 Å². The van der Waals surface area contributed by atoms with Crippen LogP contribution in [0.1, 0.15) is 25.8 Å². The van der Waals surface area contributed by atoms with E-state index in [0.29, 0.717) is 18.9 Å². The summed E-state index contributed by atoms with van der Waals surface area (Å²) in [5, 5.41) is 0. The molecule has 0 N–H and O–H groups in total. The third-order valence-electron chi connectivity index (χ3n) is 3.97. The van der Waals surface area contributed by atoms with Crippen LogP contribution in [0.5, 0.6) is 0 Å². The molecule has 1 aromatic rings. The fourth-order valence-corrected chi connectivity index (χ4v) is 2.69. The molecule has 1 fully saturated rings. The highest BCUT2D eigenvalue weighted by Gasteiger charge is 2.25. The molecule has 0 saturated carbocycles. The normalized spacial score (nSPS) is 20.1. The van der Waals surface area contributed by atoms with Crippen molar-refractivity contribution in [3.05, 3.63) is 35.6 Å². The Balaban J connectivity index is 1.80. The first-order valence-electron chi connectivity index (χ1n) is 7.03. The SMILES string of the molecule is CC(C)C1CCN(CC(=O)Cc2ccc(F)cc2)C1. The Labute approximate surface area is 114 Å². The van der Waals surface area contributed by atoms with Crippen molar-refractivity contribution in [2.75, 3.05) is 19.6 Å². The summed E-state index contributed by atoms with van der Waals surface area (Å²) in [6.07, 6.45) is 1.60. The molecule has 1 aliphatic rings. The van der Waals surface area contributed by atoms with Gasteiger partial charge in [0, 0.05) is 13.0 Å². The van der Waals surface area contributed by atoms with Crippen molar-refractivity contribution in [2.24, 2.45) is 11.8 Å². The van der Waals surface area contributed by atoms with Gasteiger partial charge in [0.05, 0.1) is 6.54 Å². The van der Waals surface area contributed by atoms with E-state index in [2.05, 4.69) is 18.7 Å². The zero-order chi connectivity index (χ0) is 13.8. The third-order valence-corrected chi connectivity index (χ3v) is 3.97. The molecule has 3 heteroatoms. The highest BCUT2D eigenvalue weighted by molar-refractivity contribution is 5.82. The van der Waals surface area contributed by atoms with Crippen molar-refractivity contribution >= 4 is 5.78 Å². The fourth-order valence-electron chi connectivity index (χ4n) is 2.69. The summed E-state index contributed by atoms with van der Waals surface area (Å²) in [5.74, 6) is 1.38. The van der Waals surface area contributed by atoms with E-state index in [1.165, 1.54) is 18.6 Å². The lowest BCUT2D eigenvalue weighted by molar-refractivity contribution is -0.119. The van der Waals surface area contributed by atoms with Gasteiger partial charge in [0.1, 0.15) is 5.82 Å². The Morgan fingerprint density at radius 3 is 2.63 bits per heavy atom. The van der Waals surface area contributed by atoms with Crippen LogP contribution in [0, 0.1) is 17.7 Å². The van der Waals surface area contributed by atoms with Crippen LogP contribution in [0.15, 0.2) is 24.3 Å². The van der Waals surface area contributed by atoms with Gasteiger partial charge in [0.2, 0.25) is 0 Å². The molecule has 2 rings (SSSR count). The average molecular weight is 263 g/mol. The minimum atomic E-state index is -0.254. The number of carbonyl (C=O) groups is 1. The van der Waals surface area contributed by atoms with Crippen LogP contribution in [0.3, 0.4) is 0 Å². The molecule has 0 spiro atoms. The van der Waals surface area contributed by atoms with E-state index in [0.717, 1.165) is 24.6 Å². The summed E-state index contributed by atoms with van der Waals surface area (Å²) in [4.78, 5) is 14.2. The molecule has 1 unspecified atom stereocenters. The van der Waals surface area contributed by atoms with Gasteiger partial charge in [-0.25, -0.2) is 4.39 Å². The van der Waals surface area contributed by atoms with E-state index >= 15 is 0 Å². The summed E-state index contributed by atoms with van der Waals surface area (Å²) in [5.41, 5.74) is 0.894. The van der Waals surface area contributed by atoms with Gasteiger partial charge in [0.15, 0.2) is 5.78 Å². The molecule has 1 aromatic carbocycles. The number of hydrogen-bond donors (Lipinski definition) is 0. The van der Waals surface area contributed by atoms with Crippen LogP contribution >= 0.6 is 0 Å². The van der Waals surface area contributed by atoms with Crippen molar-refractivity contribution in [3.8, 4) is 0 Å². The predicted octanol–water partition coefficient (Wildman–Crippen LogP) is 2.92. The lowest BCUT2D eigenvalue weighted by Crippen LogP contribution is -2.29. The van der Waals surface area contributed by atoms with Crippen molar-refractivity contribution < 1.29 is 9.18 Å². The van der Waals surface area contributed by atoms with Crippen LogP contribution in [0.25, 0.3) is 0 Å². The molecular formula is C16H22FNO. The summed E-state index contributed by atoms with van der Waals surface area (Å²) in [6.45, 7) is 7.08. The minimum Gasteiger partial charge on any atom is -0.298 e. The summed E-state index contributed by atoms with van der Waals surface area (Å²) < 4.78 is 12.8. The number of rotatable bonds is 5. The monoisotopic (exact) mass is 263 g/mol. The number of hydrogen-bond acceptors (Lipinski definition) is 2. The molecular weight excluding hydrogens is 241 g/mol. The molecule has 1 saturated heterocycles. The second-order valence-corrected chi connectivity index (χ2v) is 5.87. The first-order chi connectivity index (χ1) is 9.04. The number of likely N-dealkylation sites (tertiary alicyclic amines) is 1. The molecule has 0 aliphatic carbocycles. The standard InChI is InChI=1S/C16H22FNO/c1-12(2)14-7-8-18(10-14)11-16(19)9-13-3-5-15(17)6-4-13/h3-6,12,14H,7-11H2,1-2H3. The van der Waals surface area contributed by atoms with Crippen molar-refractivity contribution in [1.82, 2.24) is 4.90 Å². The summed E-state index contributed by atoms with van der Waals surface area (Å²) in [7, 11) is 0. The van der Waals surface area contributed by atoms with E-state index < -0.39 is 0 Å². The van der Waals surface area contributed by atoms with Crippen LogP contribution in [0.2, 0.25) is 0 Å². The third kappa shape index (κ3) is 4.13. The first-order valence-corrected chi connectivity index (χ1v) is 7.03. The minimum absolute atomic E-state index is 0.219. The summed E-state index contributed by atoms with van der Waals surface area (Å²) >= 11 is 0. The molecule has 19 heavy (non-hydrogen) atoms. The quantitative estimate of drug-likeness (QED) is 0.814. The van der Waals surface area contributed by atoms with Gasteiger partial charge in [0.25, 0.3) is 0 Å². The number of ketones is 1. The lowest BCUT2D eigenvalue weighted by atomic mass is 9.95. The van der Waals surface area contributed by atoms with Crippen molar-refractivity contribution in [3.63, 3.8) is 0 Å². The van der Waals surface area contributed by atoms with Crippen molar-refractivity contribution in [2.45, 2.75) is 26.7 Å². The smallest absolute Gasteiger partial charge is 0.151 e. The average Bonchev–Trinajstić information content (AvgIpc) is 2.80. The first kappa shape index (κ1) is 14.2. The van der Waals surface area contributed by atoms with Crippen LogP contribution in [-0.2, 0) is 11.2 Å². The molecule has 2 nitrogen and oxygen atoms in total. The molecule has 0 aromatic heterocycles.